The SMILES string of the molecule is Cc1ccc(-c2c3ccccc3c(-c3ccc(N(C4=CCC=CC=C4)c4ccccc4)cc3)c3cc(-c4c5ccccc5c(-c5ccc(-c6nc7ccccc7n6-c6ccccc6)cc5)c5ccccc45)ccc23)cc1.Cc1ccccc1.Cc1ccccc1. The van der Waals surface area contributed by atoms with Gasteiger partial charge in [-0.05, 0) is 175 Å². The second kappa shape index (κ2) is 25.5. The summed E-state index contributed by atoms with van der Waals surface area (Å²) >= 11 is 0. The Balaban J connectivity index is 0.000000448. The monoisotopic (exact) mass is 1150 g/mol. The van der Waals surface area contributed by atoms with Crippen LogP contribution in [-0.4, -0.2) is 9.55 Å². The van der Waals surface area contributed by atoms with Crippen molar-refractivity contribution in [1.29, 1.82) is 0 Å². The number of allylic oxidation sites excluding steroid dienone is 5. The van der Waals surface area contributed by atoms with Gasteiger partial charge in [-0.1, -0.05) is 296 Å². The zero-order valence-electron chi connectivity index (χ0n) is 50.9. The number of rotatable bonds is 9. The maximum absolute atomic E-state index is 5.19. The van der Waals surface area contributed by atoms with Crippen molar-refractivity contribution in [2.45, 2.75) is 27.2 Å². The summed E-state index contributed by atoms with van der Waals surface area (Å²) in [5, 5.41) is 9.77. The van der Waals surface area contributed by atoms with Crippen LogP contribution in [0, 0.1) is 20.8 Å². The first-order valence-corrected chi connectivity index (χ1v) is 31.1. The van der Waals surface area contributed by atoms with Gasteiger partial charge in [0.15, 0.2) is 0 Å². The topological polar surface area (TPSA) is 21.1 Å². The molecule has 3 heteroatoms. The van der Waals surface area contributed by atoms with E-state index in [0.29, 0.717) is 0 Å². The van der Waals surface area contributed by atoms with E-state index in [2.05, 4.69) is 334 Å². The third-order valence-corrected chi connectivity index (χ3v) is 17.1. The molecule has 430 valence electrons. The van der Waals surface area contributed by atoms with E-state index in [0.717, 1.165) is 57.2 Å². The highest BCUT2D eigenvalue weighted by Gasteiger charge is 2.23. The molecule has 15 aromatic rings. The van der Waals surface area contributed by atoms with Crippen molar-refractivity contribution >= 4 is 65.5 Å². The molecule has 0 amide bonds. The molecule has 0 unspecified atom stereocenters. The number of anilines is 2. The quantitative estimate of drug-likeness (QED) is 0.134. The van der Waals surface area contributed by atoms with Gasteiger partial charge in [-0.25, -0.2) is 4.98 Å². The summed E-state index contributed by atoms with van der Waals surface area (Å²) in [6.45, 7) is 6.33. The van der Waals surface area contributed by atoms with Crippen molar-refractivity contribution in [3.8, 4) is 61.6 Å². The summed E-state index contributed by atoms with van der Waals surface area (Å²) in [5.41, 5.74) is 21.1. The Morgan fingerprint density at radius 1 is 0.322 bits per heavy atom. The van der Waals surface area contributed by atoms with E-state index in [9.17, 15) is 0 Å². The minimum absolute atomic E-state index is 0.874. The average Bonchev–Trinajstić information content (AvgIpc) is 0.886. The predicted octanol–water partition coefficient (Wildman–Crippen LogP) is 23.8. The normalized spacial score (nSPS) is 11.9. The van der Waals surface area contributed by atoms with Crippen LogP contribution < -0.4 is 4.90 Å². The van der Waals surface area contributed by atoms with Crippen LogP contribution in [0.3, 0.4) is 0 Å². The second-order valence-corrected chi connectivity index (χ2v) is 23.1. The first kappa shape index (κ1) is 56.4. The van der Waals surface area contributed by atoms with Gasteiger partial charge in [0.25, 0.3) is 0 Å². The van der Waals surface area contributed by atoms with Gasteiger partial charge in [0.05, 0.1) is 11.0 Å². The Morgan fingerprint density at radius 3 is 1.23 bits per heavy atom. The molecule has 1 aliphatic carbocycles. The van der Waals surface area contributed by atoms with Gasteiger partial charge in [0.2, 0.25) is 0 Å². The Hall–Kier alpha value is -11.4. The highest BCUT2D eigenvalue weighted by molar-refractivity contribution is 6.25. The van der Waals surface area contributed by atoms with Crippen molar-refractivity contribution in [1.82, 2.24) is 9.55 Å². The third-order valence-electron chi connectivity index (χ3n) is 17.1. The van der Waals surface area contributed by atoms with Crippen molar-refractivity contribution in [3.63, 3.8) is 0 Å². The molecule has 0 saturated carbocycles. The molecule has 14 aromatic carbocycles. The van der Waals surface area contributed by atoms with Gasteiger partial charge in [-0.15, -0.1) is 0 Å². The number of hydrogen-bond acceptors (Lipinski definition) is 2. The van der Waals surface area contributed by atoms with Gasteiger partial charge < -0.3 is 4.90 Å². The van der Waals surface area contributed by atoms with Crippen LogP contribution in [-0.2, 0) is 0 Å². The highest BCUT2D eigenvalue weighted by atomic mass is 15.1. The van der Waals surface area contributed by atoms with Crippen LogP contribution in [0.2, 0.25) is 0 Å². The molecular formula is C87H67N3. The van der Waals surface area contributed by atoms with E-state index in [1.807, 2.05) is 36.4 Å². The summed E-state index contributed by atoms with van der Waals surface area (Å²) < 4.78 is 2.27. The lowest BCUT2D eigenvalue weighted by Gasteiger charge is -2.27. The van der Waals surface area contributed by atoms with Crippen molar-refractivity contribution in [2.75, 3.05) is 4.90 Å². The number of aromatic nitrogens is 2. The molecule has 0 atom stereocenters. The first-order valence-electron chi connectivity index (χ1n) is 31.1. The maximum Gasteiger partial charge on any atom is 0.145 e. The average molecular weight is 1150 g/mol. The Labute approximate surface area is 527 Å². The fourth-order valence-corrected chi connectivity index (χ4v) is 12.9. The van der Waals surface area contributed by atoms with E-state index in [1.165, 1.54) is 98.7 Å². The summed E-state index contributed by atoms with van der Waals surface area (Å²) in [6.07, 6.45) is 11.8. The highest BCUT2D eigenvalue weighted by Crippen LogP contribution is 2.49. The number of para-hydroxylation sites is 4. The van der Waals surface area contributed by atoms with Crippen LogP contribution in [0.15, 0.2) is 345 Å². The fraction of sp³-hybridized carbons (Fsp3) is 0.0460. The lowest BCUT2D eigenvalue weighted by molar-refractivity contribution is 1.10. The molecule has 0 radical (unpaired) electrons. The van der Waals surface area contributed by atoms with Crippen LogP contribution in [0.1, 0.15) is 23.1 Å². The van der Waals surface area contributed by atoms with Crippen molar-refractivity contribution in [2.24, 2.45) is 0 Å². The Morgan fingerprint density at radius 2 is 0.711 bits per heavy atom. The van der Waals surface area contributed by atoms with Crippen LogP contribution in [0.4, 0.5) is 11.4 Å². The minimum atomic E-state index is 0.874. The number of benzene rings is 14. The van der Waals surface area contributed by atoms with E-state index in [-0.39, 0.29) is 0 Å². The number of imidazole rings is 1. The molecule has 1 heterocycles. The van der Waals surface area contributed by atoms with Crippen LogP contribution in [0.25, 0.3) is 116 Å². The predicted molar refractivity (Wildman–Crippen MR) is 385 cm³/mol. The lowest BCUT2D eigenvalue weighted by atomic mass is 9.82. The summed E-state index contributed by atoms with van der Waals surface area (Å²) in [4.78, 5) is 7.55. The Bertz CT molecular complexity index is 5020. The summed E-state index contributed by atoms with van der Waals surface area (Å²) in [6, 6.07) is 112. The standard InChI is InChI=1S/C73H51N3.2C7H8/c1-49-34-36-50(37-35-49)70-59-26-12-15-29-62(59)71(52-42-45-58(46-43-52)75(56-22-8-4-9-23-56)55-20-6-2-3-7-21-55)66-48-54(44-47-65(66)70)72-63-30-16-13-27-60(63)69(61-28-14-17-31-64(61)72)51-38-40-53(41-39-51)73-74-67-32-18-19-33-68(67)76(73)57-24-10-5-11-25-57;2*1-7-5-3-2-4-6-7/h2-6,8-48H,7H2,1H3;2*2-6H,1H3. The van der Waals surface area contributed by atoms with Crippen LogP contribution >= 0.6 is 0 Å². The lowest BCUT2D eigenvalue weighted by Crippen LogP contribution is -2.15. The van der Waals surface area contributed by atoms with Crippen molar-refractivity contribution in [3.05, 3.63) is 362 Å². The number of nitrogens with zero attached hydrogens (tertiary/aromatic N) is 3. The molecule has 0 N–H and O–H groups in total. The van der Waals surface area contributed by atoms with Crippen LogP contribution in [0.5, 0.6) is 0 Å². The molecule has 0 spiro atoms. The molecule has 16 rings (SSSR count). The molecule has 0 saturated heterocycles. The third kappa shape index (κ3) is 11.3. The zero-order chi connectivity index (χ0) is 60.8. The zero-order valence-corrected chi connectivity index (χ0v) is 50.9. The van der Waals surface area contributed by atoms with Gasteiger partial charge >= 0.3 is 0 Å². The number of hydrogen-bond donors (Lipinski definition) is 0. The second-order valence-electron chi connectivity index (χ2n) is 23.1. The Kier molecular flexibility index (Phi) is 16.0. The van der Waals surface area contributed by atoms with Gasteiger partial charge in [0, 0.05) is 28.3 Å². The molecule has 1 aromatic heterocycles. The first-order chi connectivity index (χ1) is 44.4. The van der Waals surface area contributed by atoms with Gasteiger partial charge in [-0.2, -0.15) is 0 Å². The van der Waals surface area contributed by atoms with E-state index in [4.69, 9.17) is 4.98 Å². The molecule has 1 aliphatic rings. The minimum Gasteiger partial charge on any atom is -0.311 e. The smallest absolute Gasteiger partial charge is 0.145 e. The summed E-state index contributed by atoms with van der Waals surface area (Å²) in [7, 11) is 0. The largest absolute Gasteiger partial charge is 0.311 e. The van der Waals surface area contributed by atoms with E-state index in [1.54, 1.807) is 0 Å². The molecule has 3 nitrogen and oxygen atoms in total. The van der Waals surface area contributed by atoms with E-state index >= 15 is 0 Å². The van der Waals surface area contributed by atoms with Gasteiger partial charge in [0.1, 0.15) is 5.82 Å². The molecule has 0 fully saturated rings. The van der Waals surface area contributed by atoms with Gasteiger partial charge in [-0.3, -0.25) is 4.57 Å². The number of aryl methyl sites for hydroxylation is 3. The maximum atomic E-state index is 5.19. The summed E-state index contributed by atoms with van der Waals surface area (Å²) in [5.74, 6) is 0.922. The molecule has 0 aliphatic heterocycles. The molecule has 0 bridgehead atoms. The van der Waals surface area contributed by atoms with E-state index < -0.39 is 0 Å². The molecular weight excluding hydrogens is 1090 g/mol. The molecule has 90 heavy (non-hydrogen) atoms. The fourth-order valence-electron chi connectivity index (χ4n) is 12.9. The number of fused-ring (bicyclic) bond motifs is 5. The van der Waals surface area contributed by atoms with Crippen molar-refractivity contribution < 1.29 is 0 Å².